The number of pyridine rings is 1. The topological polar surface area (TPSA) is 82.8 Å². The number of hydrogen-bond acceptors (Lipinski definition) is 3. The summed E-state index contributed by atoms with van der Waals surface area (Å²) < 4.78 is 22.6. The Kier molecular flexibility index (Phi) is 2.26. The van der Waals surface area contributed by atoms with Gasteiger partial charge in [0.1, 0.15) is 5.52 Å². The Bertz CT molecular complexity index is 924. The predicted octanol–water partition coefficient (Wildman–Crippen LogP) is 1.94. The number of aromatic nitrogens is 2. The van der Waals surface area contributed by atoms with E-state index in [1.807, 2.05) is 0 Å². The minimum atomic E-state index is -3.79. The first-order valence-electron chi connectivity index (χ1n) is 5.04. The zero-order chi connectivity index (χ0) is 12.9. The van der Waals surface area contributed by atoms with Gasteiger partial charge < -0.3 is 9.97 Å². The van der Waals surface area contributed by atoms with Crippen molar-refractivity contribution in [3.05, 3.63) is 40.8 Å². The van der Waals surface area contributed by atoms with Crippen molar-refractivity contribution < 1.29 is 8.42 Å². The van der Waals surface area contributed by atoms with Crippen LogP contribution in [0.25, 0.3) is 21.8 Å². The van der Waals surface area contributed by atoms with Crippen LogP contribution in [0.5, 0.6) is 0 Å². The first kappa shape index (κ1) is 11.3. The fourth-order valence-corrected chi connectivity index (χ4v) is 2.75. The van der Waals surface area contributed by atoms with Gasteiger partial charge in [-0.1, -0.05) is 0 Å². The molecule has 2 heterocycles. The molecule has 0 saturated carbocycles. The zero-order valence-electron chi connectivity index (χ0n) is 8.90. The van der Waals surface area contributed by atoms with Crippen molar-refractivity contribution in [3.63, 3.8) is 0 Å². The normalized spacial score (nSPS) is 12.3. The van der Waals surface area contributed by atoms with Crippen molar-refractivity contribution in [1.82, 2.24) is 9.97 Å². The van der Waals surface area contributed by atoms with Gasteiger partial charge in [-0.15, -0.1) is 0 Å². The van der Waals surface area contributed by atoms with E-state index in [4.69, 9.17) is 10.7 Å². The van der Waals surface area contributed by atoms with E-state index in [9.17, 15) is 13.2 Å². The molecule has 1 aromatic carbocycles. The Morgan fingerprint density at radius 1 is 1.11 bits per heavy atom. The molecule has 0 aliphatic heterocycles. The third-order valence-electron chi connectivity index (χ3n) is 2.79. The maximum atomic E-state index is 11.7. The minimum absolute atomic E-state index is 0.00576. The molecule has 0 radical (unpaired) electrons. The predicted molar refractivity (Wildman–Crippen MR) is 69.5 cm³/mol. The molecule has 18 heavy (non-hydrogen) atoms. The molecule has 2 N–H and O–H groups in total. The van der Waals surface area contributed by atoms with Crippen LogP contribution in [0.3, 0.4) is 0 Å². The lowest BCUT2D eigenvalue weighted by Gasteiger charge is -2.02. The molecule has 0 fully saturated rings. The molecule has 3 rings (SSSR count). The quantitative estimate of drug-likeness (QED) is 0.669. The Morgan fingerprint density at radius 3 is 2.61 bits per heavy atom. The van der Waals surface area contributed by atoms with E-state index < -0.39 is 9.05 Å². The number of hydrogen-bond donors (Lipinski definition) is 2. The lowest BCUT2D eigenvalue weighted by molar-refractivity contribution is 0.609. The molecule has 0 saturated heterocycles. The van der Waals surface area contributed by atoms with Gasteiger partial charge in [0.05, 0.1) is 4.90 Å². The summed E-state index contributed by atoms with van der Waals surface area (Å²) in [5, 5.41) is 1.29. The average Bonchev–Trinajstić information content (AvgIpc) is 2.77. The molecule has 0 amide bonds. The second-order valence-corrected chi connectivity index (χ2v) is 6.43. The van der Waals surface area contributed by atoms with Gasteiger partial charge in [0.15, 0.2) is 0 Å². The highest BCUT2D eigenvalue weighted by Crippen LogP contribution is 2.25. The number of benzene rings is 1. The zero-order valence-corrected chi connectivity index (χ0v) is 10.5. The first-order chi connectivity index (χ1) is 8.47. The summed E-state index contributed by atoms with van der Waals surface area (Å²) in [4.78, 5) is 17.2. The summed E-state index contributed by atoms with van der Waals surface area (Å²) >= 11 is 0. The highest BCUT2D eigenvalue weighted by atomic mass is 35.7. The number of halogens is 1. The van der Waals surface area contributed by atoms with Crippen LogP contribution in [0.4, 0.5) is 0 Å². The fourth-order valence-electron chi connectivity index (χ4n) is 1.97. The Morgan fingerprint density at radius 2 is 1.89 bits per heavy atom. The SMILES string of the molecule is O=c1[nH]c2ccc(S(=O)(=O)Cl)cc2c2cc[nH]c12. The van der Waals surface area contributed by atoms with Gasteiger partial charge in [-0.05, 0) is 24.3 Å². The van der Waals surface area contributed by atoms with E-state index in [1.165, 1.54) is 18.2 Å². The van der Waals surface area contributed by atoms with Crippen LogP contribution >= 0.6 is 10.7 Å². The monoisotopic (exact) mass is 282 g/mol. The van der Waals surface area contributed by atoms with Crippen LogP contribution in [0.15, 0.2) is 40.2 Å². The molecule has 0 aliphatic carbocycles. The molecule has 0 spiro atoms. The van der Waals surface area contributed by atoms with Crippen molar-refractivity contribution in [2.24, 2.45) is 0 Å². The van der Waals surface area contributed by atoms with E-state index >= 15 is 0 Å². The van der Waals surface area contributed by atoms with Gasteiger partial charge in [0, 0.05) is 33.2 Å². The van der Waals surface area contributed by atoms with Crippen LogP contribution in [0.1, 0.15) is 0 Å². The third kappa shape index (κ3) is 1.61. The second-order valence-electron chi connectivity index (χ2n) is 3.87. The molecule has 0 aliphatic rings. The summed E-state index contributed by atoms with van der Waals surface area (Å²) in [6.07, 6.45) is 1.63. The van der Waals surface area contributed by atoms with Crippen LogP contribution in [0, 0.1) is 0 Å². The lowest BCUT2D eigenvalue weighted by Crippen LogP contribution is -2.06. The largest absolute Gasteiger partial charge is 0.357 e. The molecule has 0 atom stereocenters. The van der Waals surface area contributed by atoms with E-state index in [2.05, 4.69) is 9.97 Å². The van der Waals surface area contributed by atoms with E-state index in [-0.39, 0.29) is 10.5 Å². The third-order valence-corrected chi connectivity index (χ3v) is 4.14. The van der Waals surface area contributed by atoms with Crippen molar-refractivity contribution in [1.29, 1.82) is 0 Å². The molecular formula is C11H7ClN2O3S. The number of fused-ring (bicyclic) bond motifs is 3. The number of aromatic amines is 2. The minimum Gasteiger partial charge on any atom is -0.357 e. The van der Waals surface area contributed by atoms with Gasteiger partial charge in [-0.2, -0.15) is 0 Å². The molecule has 92 valence electrons. The highest BCUT2D eigenvalue weighted by molar-refractivity contribution is 8.13. The van der Waals surface area contributed by atoms with Crippen molar-refractivity contribution in [2.75, 3.05) is 0 Å². The standard InChI is InChI=1S/C11H7ClN2O3S/c12-18(16,17)6-1-2-9-8(5-6)7-3-4-13-10(7)11(15)14-9/h1-5,13H,(H,14,15). The number of nitrogens with one attached hydrogen (secondary N) is 2. The van der Waals surface area contributed by atoms with E-state index in [0.29, 0.717) is 21.8 Å². The van der Waals surface area contributed by atoms with Gasteiger partial charge in [-0.25, -0.2) is 8.42 Å². The van der Waals surface area contributed by atoms with Crippen LogP contribution in [-0.2, 0) is 9.05 Å². The summed E-state index contributed by atoms with van der Waals surface area (Å²) in [5.41, 5.74) is 0.728. The molecule has 7 heteroatoms. The van der Waals surface area contributed by atoms with Gasteiger partial charge in [-0.3, -0.25) is 4.79 Å². The molecular weight excluding hydrogens is 276 g/mol. The Balaban J connectivity index is 2.54. The molecule has 5 nitrogen and oxygen atoms in total. The maximum Gasteiger partial charge on any atom is 0.272 e. The molecule has 2 aromatic heterocycles. The summed E-state index contributed by atoms with van der Waals surface area (Å²) in [5.74, 6) is 0. The Hall–Kier alpha value is -1.79. The first-order valence-corrected chi connectivity index (χ1v) is 7.35. The summed E-state index contributed by atoms with van der Waals surface area (Å²) in [6.45, 7) is 0. The Labute approximate surface area is 106 Å². The average molecular weight is 283 g/mol. The summed E-state index contributed by atoms with van der Waals surface area (Å²) in [7, 11) is 1.52. The van der Waals surface area contributed by atoms with Crippen LogP contribution in [0.2, 0.25) is 0 Å². The van der Waals surface area contributed by atoms with Crippen molar-refractivity contribution >= 4 is 41.5 Å². The lowest BCUT2D eigenvalue weighted by atomic mass is 10.1. The van der Waals surface area contributed by atoms with Crippen molar-refractivity contribution in [2.45, 2.75) is 4.90 Å². The number of H-pyrrole nitrogens is 2. The molecule has 0 unspecified atom stereocenters. The molecule has 3 aromatic rings. The second kappa shape index (κ2) is 3.60. The molecule has 0 bridgehead atoms. The highest BCUT2D eigenvalue weighted by Gasteiger charge is 2.13. The number of rotatable bonds is 1. The maximum absolute atomic E-state index is 11.7. The van der Waals surface area contributed by atoms with Crippen LogP contribution < -0.4 is 5.56 Å². The van der Waals surface area contributed by atoms with Gasteiger partial charge in [0.2, 0.25) is 0 Å². The fraction of sp³-hybridized carbons (Fsp3) is 0. The van der Waals surface area contributed by atoms with Gasteiger partial charge in [0.25, 0.3) is 14.6 Å². The smallest absolute Gasteiger partial charge is 0.272 e. The van der Waals surface area contributed by atoms with E-state index in [0.717, 1.165) is 0 Å². The van der Waals surface area contributed by atoms with Crippen molar-refractivity contribution in [3.8, 4) is 0 Å². The van der Waals surface area contributed by atoms with Crippen LogP contribution in [-0.4, -0.2) is 18.4 Å². The van der Waals surface area contributed by atoms with E-state index in [1.54, 1.807) is 12.3 Å². The summed E-state index contributed by atoms with van der Waals surface area (Å²) in [6, 6.07) is 6.05. The van der Waals surface area contributed by atoms with Gasteiger partial charge >= 0.3 is 0 Å².